The first-order valence-corrected chi connectivity index (χ1v) is 10.6. The summed E-state index contributed by atoms with van der Waals surface area (Å²) in [6.07, 6.45) is 2.79. The average molecular weight is 386 g/mol. The molecule has 1 amide bonds. The molecule has 1 aliphatic rings. The number of benzene rings is 1. The molecule has 3 rings (SSSR count). The molecule has 1 N–H and O–H groups in total. The van der Waals surface area contributed by atoms with E-state index in [1.807, 2.05) is 30.8 Å². The van der Waals surface area contributed by atoms with Crippen LogP contribution in [0.4, 0.5) is 11.4 Å². The van der Waals surface area contributed by atoms with Crippen molar-refractivity contribution in [2.45, 2.75) is 33.3 Å². The van der Waals surface area contributed by atoms with Crippen molar-refractivity contribution in [2.75, 3.05) is 34.8 Å². The molecule has 144 valence electrons. The summed E-state index contributed by atoms with van der Waals surface area (Å²) in [4.78, 5) is 19.4. The fraction of sp³-hybridized carbons (Fsp3) is 0.429. The molecule has 6 heteroatoms. The van der Waals surface area contributed by atoms with Gasteiger partial charge in [0.1, 0.15) is 11.7 Å². The van der Waals surface area contributed by atoms with Gasteiger partial charge in [-0.3, -0.25) is 4.79 Å². The van der Waals surface area contributed by atoms with Gasteiger partial charge in [0.2, 0.25) is 5.88 Å². The zero-order chi connectivity index (χ0) is 19.2. The zero-order valence-corrected chi connectivity index (χ0v) is 17.0. The number of ether oxygens (including phenoxy) is 1. The van der Waals surface area contributed by atoms with Gasteiger partial charge in [-0.25, -0.2) is 4.98 Å². The van der Waals surface area contributed by atoms with Gasteiger partial charge >= 0.3 is 0 Å². The second-order valence-electron chi connectivity index (χ2n) is 6.59. The van der Waals surface area contributed by atoms with Crippen molar-refractivity contribution in [1.82, 2.24) is 4.98 Å². The molecule has 0 radical (unpaired) electrons. The fourth-order valence-corrected chi connectivity index (χ4v) is 4.28. The highest BCUT2D eigenvalue weighted by Gasteiger charge is 2.21. The van der Waals surface area contributed by atoms with Gasteiger partial charge in [0.25, 0.3) is 5.91 Å². The second-order valence-corrected chi connectivity index (χ2v) is 7.74. The van der Waals surface area contributed by atoms with Gasteiger partial charge in [0.15, 0.2) is 0 Å². The van der Waals surface area contributed by atoms with Crippen LogP contribution in [0.5, 0.6) is 5.88 Å². The average Bonchev–Trinajstić information content (AvgIpc) is 3.18. The molecule has 0 aliphatic carbocycles. The molecule has 1 saturated heterocycles. The first kappa shape index (κ1) is 19.5. The first-order valence-electron chi connectivity index (χ1n) is 9.48. The van der Waals surface area contributed by atoms with E-state index in [9.17, 15) is 4.79 Å². The van der Waals surface area contributed by atoms with Crippen LogP contribution < -0.4 is 15.0 Å². The minimum absolute atomic E-state index is 0.131. The Balaban J connectivity index is 1.75. The van der Waals surface area contributed by atoms with E-state index in [0.717, 1.165) is 42.3 Å². The van der Waals surface area contributed by atoms with Gasteiger partial charge in [-0.1, -0.05) is 0 Å². The number of thioether (sulfide) groups is 1. The van der Waals surface area contributed by atoms with Crippen molar-refractivity contribution in [3.05, 3.63) is 47.7 Å². The summed E-state index contributed by atoms with van der Waals surface area (Å²) < 4.78 is 5.98. The molecule has 2 aromatic rings. The maximum Gasteiger partial charge on any atom is 0.261 e. The molecular formula is C21H27N3O2S. The van der Waals surface area contributed by atoms with Crippen LogP contribution in [0.25, 0.3) is 0 Å². The molecule has 0 bridgehead atoms. The molecular weight excluding hydrogens is 358 g/mol. The van der Waals surface area contributed by atoms with Gasteiger partial charge in [-0.05, 0) is 68.8 Å². The van der Waals surface area contributed by atoms with E-state index in [1.54, 1.807) is 18.3 Å². The summed E-state index contributed by atoms with van der Waals surface area (Å²) in [6, 6.07) is 9.65. The van der Waals surface area contributed by atoms with Crippen molar-refractivity contribution in [3.63, 3.8) is 0 Å². The Hall–Kier alpha value is -2.21. The Morgan fingerprint density at radius 2 is 2.15 bits per heavy atom. The predicted molar refractivity (Wildman–Crippen MR) is 113 cm³/mol. The van der Waals surface area contributed by atoms with Crippen LogP contribution in [0, 0.1) is 6.92 Å². The number of aromatic nitrogens is 1. The van der Waals surface area contributed by atoms with Crippen LogP contribution in [0.15, 0.2) is 36.5 Å². The molecule has 0 spiro atoms. The highest BCUT2D eigenvalue weighted by Crippen LogP contribution is 2.26. The van der Waals surface area contributed by atoms with Crippen molar-refractivity contribution in [2.24, 2.45) is 0 Å². The van der Waals surface area contributed by atoms with Crippen LogP contribution >= 0.6 is 11.8 Å². The number of amides is 1. The van der Waals surface area contributed by atoms with Gasteiger partial charge < -0.3 is 15.0 Å². The maximum atomic E-state index is 12.8. The third-order valence-electron chi connectivity index (χ3n) is 4.77. The first-order chi connectivity index (χ1) is 13.1. The lowest BCUT2D eigenvalue weighted by Gasteiger charge is -2.22. The molecule has 1 aromatic heterocycles. The Kier molecular flexibility index (Phi) is 6.61. The van der Waals surface area contributed by atoms with Gasteiger partial charge in [0, 0.05) is 36.4 Å². The molecule has 27 heavy (non-hydrogen) atoms. The number of aryl methyl sites for hydroxylation is 1. The van der Waals surface area contributed by atoms with Crippen LogP contribution in [0.1, 0.15) is 36.2 Å². The molecule has 2 heterocycles. The standard InChI is InChI=1S/C21H27N3O2S/c1-4-24(5-2)16-8-9-19(15(3)13-16)23-20(25)18-7-6-11-22-21(18)26-17-10-12-27-14-17/h6-9,11,13,17H,4-5,10,12,14H2,1-3H3,(H,23,25). The van der Waals surface area contributed by atoms with E-state index in [-0.39, 0.29) is 12.0 Å². The maximum absolute atomic E-state index is 12.8. The Labute approximate surface area is 165 Å². The summed E-state index contributed by atoms with van der Waals surface area (Å²) in [7, 11) is 0. The predicted octanol–water partition coefficient (Wildman–Crippen LogP) is 4.37. The lowest BCUT2D eigenvalue weighted by molar-refractivity contribution is 0.101. The number of pyridine rings is 1. The normalized spacial score (nSPS) is 16.2. The van der Waals surface area contributed by atoms with Crippen molar-refractivity contribution < 1.29 is 9.53 Å². The summed E-state index contributed by atoms with van der Waals surface area (Å²) in [6.45, 7) is 8.20. The van der Waals surface area contributed by atoms with Crippen LogP contribution in [-0.4, -0.2) is 41.6 Å². The third kappa shape index (κ3) is 4.75. The van der Waals surface area contributed by atoms with E-state index in [0.29, 0.717) is 11.4 Å². The van der Waals surface area contributed by atoms with Gasteiger partial charge in [0.05, 0.1) is 0 Å². The van der Waals surface area contributed by atoms with Crippen molar-refractivity contribution in [1.29, 1.82) is 0 Å². The van der Waals surface area contributed by atoms with Crippen molar-refractivity contribution in [3.8, 4) is 5.88 Å². The van der Waals surface area contributed by atoms with Crippen LogP contribution in [0.3, 0.4) is 0 Å². The highest BCUT2D eigenvalue weighted by atomic mass is 32.2. The number of nitrogens with one attached hydrogen (secondary N) is 1. The molecule has 1 atom stereocenters. The van der Waals surface area contributed by atoms with Crippen LogP contribution in [0.2, 0.25) is 0 Å². The van der Waals surface area contributed by atoms with E-state index >= 15 is 0 Å². The molecule has 0 saturated carbocycles. The number of hydrogen-bond acceptors (Lipinski definition) is 5. The quantitative estimate of drug-likeness (QED) is 0.767. The van der Waals surface area contributed by atoms with E-state index < -0.39 is 0 Å². The zero-order valence-electron chi connectivity index (χ0n) is 16.2. The molecule has 1 unspecified atom stereocenters. The highest BCUT2D eigenvalue weighted by molar-refractivity contribution is 7.99. The van der Waals surface area contributed by atoms with Gasteiger partial charge in [-0.15, -0.1) is 0 Å². The molecule has 1 aliphatic heterocycles. The fourth-order valence-electron chi connectivity index (χ4n) is 3.18. The minimum Gasteiger partial charge on any atom is -0.473 e. The lowest BCUT2D eigenvalue weighted by Crippen LogP contribution is -2.22. The van der Waals surface area contributed by atoms with E-state index in [2.05, 4.69) is 35.1 Å². The Morgan fingerprint density at radius 3 is 2.81 bits per heavy atom. The van der Waals surface area contributed by atoms with E-state index in [4.69, 9.17) is 4.74 Å². The number of rotatable bonds is 7. The van der Waals surface area contributed by atoms with Gasteiger partial charge in [-0.2, -0.15) is 11.8 Å². The van der Waals surface area contributed by atoms with E-state index in [1.165, 1.54) is 5.69 Å². The Bertz CT molecular complexity index is 787. The molecule has 5 nitrogen and oxygen atoms in total. The minimum atomic E-state index is -0.192. The number of nitrogens with zero attached hydrogens (tertiary/aromatic N) is 2. The summed E-state index contributed by atoms with van der Waals surface area (Å²) >= 11 is 1.87. The van der Waals surface area contributed by atoms with Crippen LogP contribution in [-0.2, 0) is 0 Å². The smallest absolute Gasteiger partial charge is 0.261 e. The number of carbonyl (C=O) groups is 1. The summed E-state index contributed by atoms with van der Waals surface area (Å²) in [5.74, 6) is 2.27. The SMILES string of the molecule is CCN(CC)c1ccc(NC(=O)c2cccnc2OC2CCSC2)c(C)c1. The molecule has 1 aromatic carbocycles. The molecule has 1 fully saturated rings. The topological polar surface area (TPSA) is 54.5 Å². The second kappa shape index (κ2) is 9.13. The summed E-state index contributed by atoms with van der Waals surface area (Å²) in [5, 5.41) is 3.01. The number of carbonyl (C=O) groups excluding carboxylic acids is 1. The lowest BCUT2D eigenvalue weighted by atomic mass is 10.1. The third-order valence-corrected chi connectivity index (χ3v) is 5.90. The summed E-state index contributed by atoms with van der Waals surface area (Å²) in [5.41, 5.74) is 3.48. The van der Waals surface area contributed by atoms with Crippen molar-refractivity contribution >= 4 is 29.0 Å². The number of anilines is 2. The monoisotopic (exact) mass is 385 g/mol. The number of hydrogen-bond donors (Lipinski definition) is 1. The Morgan fingerprint density at radius 1 is 1.33 bits per heavy atom. The largest absolute Gasteiger partial charge is 0.473 e.